The van der Waals surface area contributed by atoms with Crippen molar-refractivity contribution in [1.29, 1.82) is 0 Å². The summed E-state index contributed by atoms with van der Waals surface area (Å²) in [6.07, 6.45) is -1.17. The Bertz CT molecular complexity index is 1390. The van der Waals surface area contributed by atoms with E-state index in [1.54, 1.807) is 0 Å². The molecule has 2 heterocycles. The first-order valence-corrected chi connectivity index (χ1v) is 14.4. The fraction of sp³-hybridized carbons (Fsp3) is 0.345. The third-order valence-electron chi connectivity index (χ3n) is 7.03. The van der Waals surface area contributed by atoms with Gasteiger partial charge < -0.3 is 19.9 Å². The maximum Gasteiger partial charge on any atom is 0.243 e. The number of rotatable bonds is 6. The molecular weight excluding hydrogens is 523 g/mol. The standard InChI is InChI=1S/C29H31FN2O6S/c30-22-7-4-8-26(15-22)39(35,36)32-17-24(33)18-37-19-28-27(32)14-13-25(38-28)16-29(34)31-23-11-9-21(10-12-23)20-5-2-1-3-6-20/h1-12,15,24-25,27-28,33H,13-14,16-19H2,(H,31,34)/t24-,25-,27-,28+/m1/s1. The van der Waals surface area contributed by atoms with Gasteiger partial charge in [0.1, 0.15) is 5.82 Å². The van der Waals surface area contributed by atoms with Crippen molar-refractivity contribution in [3.05, 3.63) is 84.7 Å². The Morgan fingerprint density at radius 1 is 0.974 bits per heavy atom. The zero-order valence-corrected chi connectivity index (χ0v) is 22.1. The lowest BCUT2D eigenvalue weighted by Gasteiger charge is -2.43. The number of aliphatic hydroxyl groups is 1. The zero-order valence-electron chi connectivity index (χ0n) is 21.3. The van der Waals surface area contributed by atoms with Crippen molar-refractivity contribution in [1.82, 2.24) is 4.31 Å². The molecule has 206 valence electrons. The number of amides is 1. The van der Waals surface area contributed by atoms with E-state index in [9.17, 15) is 22.7 Å². The predicted molar refractivity (Wildman–Crippen MR) is 144 cm³/mol. The number of nitrogens with zero attached hydrogens (tertiary/aromatic N) is 1. The van der Waals surface area contributed by atoms with Crippen LogP contribution in [0.25, 0.3) is 11.1 Å². The van der Waals surface area contributed by atoms with Gasteiger partial charge in [-0.3, -0.25) is 4.79 Å². The van der Waals surface area contributed by atoms with Crippen LogP contribution < -0.4 is 5.32 Å². The number of fused-ring (bicyclic) bond motifs is 1. The minimum atomic E-state index is -4.11. The maximum atomic E-state index is 13.8. The van der Waals surface area contributed by atoms with E-state index in [0.717, 1.165) is 17.2 Å². The molecule has 0 unspecified atom stereocenters. The first kappa shape index (κ1) is 27.4. The molecule has 0 radical (unpaired) electrons. The monoisotopic (exact) mass is 554 g/mol. The third-order valence-corrected chi connectivity index (χ3v) is 8.91. The predicted octanol–water partition coefficient (Wildman–Crippen LogP) is 3.82. The zero-order chi connectivity index (χ0) is 27.4. The highest BCUT2D eigenvalue weighted by Gasteiger charge is 2.43. The average molecular weight is 555 g/mol. The quantitative estimate of drug-likeness (QED) is 0.480. The van der Waals surface area contributed by atoms with Gasteiger partial charge >= 0.3 is 0 Å². The number of carbonyl (C=O) groups is 1. The molecule has 39 heavy (non-hydrogen) atoms. The van der Waals surface area contributed by atoms with Crippen molar-refractivity contribution < 1.29 is 32.2 Å². The molecule has 3 aromatic rings. The number of benzene rings is 3. The Morgan fingerprint density at radius 2 is 1.72 bits per heavy atom. The molecule has 0 bridgehead atoms. The van der Waals surface area contributed by atoms with Crippen LogP contribution in [0, 0.1) is 5.82 Å². The highest BCUT2D eigenvalue weighted by Crippen LogP contribution is 2.32. The minimum absolute atomic E-state index is 0.0636. The number of nitrogens with one attached hydrogen (secondary N) is 1. The number of hydrogen-bond acceptors (Lipinski definition) is 6. The first-order chi connectivity index (χ1) is 18.8. The lowest BCUT2D eigenvalue weighted by molar-refractivity contribution is -0.144. The van der Waals surface area contributed by atoms with Gasteiger partial charge in [0, 0.05) is 12.2 Å². The molecule has 0 spiro atoms. The molecule has 0 saturated carbocycles. The van der Waals surface area contributed by atoms with Gasteiger partial charge in [0.05, 0.1) is 48.9 Å². The summed E-state index contributed by atoms with van der Waals surface area (Å²) in [5, 5.41) is 13.2. The van der Waals surface area contributed by atoms with E-state index in [-0.39, 0.29) is 37.0 Å². The molecule has 2 aliphatic rings. The summed E-state index contributed by atoms with van der Waals surface area (Å²) < 4.78 is 53.7. The van der Waals surface area contributed by atoms with Crippen molar-refractivity contribution in [2.24, 2.45) is 0 Å². The van der Waals surface area contributed by atoms with Crippen molar-refractivity contribution in [2.45, 2.75) is 48.5 Å². The van der Waals surface area contributed by atoms with Crippen LogP contribution in [0.4, 0.5) is 10.1 Å². The molecule has 5 rings (SSSR count). The molecule has 8 nitrogen and oxygen atoms in total. The van der Waals surface area contributed by atoms with Gasteiger partial charge in [-0.05, 0) is 54.3 Å². The number of hydrogen-bond donors (Lipinski definition) is 2. The second kappa shape index (κ2) is 11.9. The Balaban J connectivity index is 1.24. The largest absolute Gasteiger partial charge is 0.389 e. The van der Waals surface area contributed by atoms with Crippen LogP contribution in [0.2, 0.25) is 0 Å². The summed E-state index contributed by atoms with van der Waals surface area (Å²) in [5.74, 6) is -0.874. The van der Waals surface area contributed by atoms with Crippen LogP contribution >= 0.6 is 0 Å². The van der Waals surface area contributed by atoms with Gasteiger partial charge in [-0.1, -0.05) is 48.5 Å². The van der Waals surface area contributed by atoms with Crippen LogP contribution in [0.5, 0.6) is 0 Å². The van der Waals surface area contributed by atoms with E-state index in [4.69, 9.17) is 9.47 Å². The molecular formula is C29H31FN2O6S. The van der Waals surface area contributed by atoms with Gasteiger partial charge in [-0.15, -0.1) is 0 Å². The highest BCUT2D eigenvalue weighted by atomic mass is 32.2. The number of carbonyl (C=O) groups excluding carboxylic acids is 1. The Labute approximate surface area is 227 Å². The first-order valence-electron chi connectivity index (χ1n) is 12.9. The molecule has 1 amide bonds. The van der Waals surface area contributed by atoms with Crippen molar-refractivity contribution in [3.8, 4) is 11.1 Å². The SMILES string of the molecule is O=C(C[C@H]1CC[C@@H]2[C@H](COC[C@H](O)CN2S(=O)(=O)c2cccc(F)c2)O1)Nc1ccc(-c2ccccc2)cc1. The van der Waals surface area contributed by atoms with Gasteiger partial charge in [-0.25, -0.2) is 12.8 Å². The minimum Gasteiger partial charge on any atom is -0.389 e. The van der Waals surface area contributed by atoms with Crippen LogP contribution in [0.3, 0.4) is 0 Å². The number of sulfonamides is 1. The molecule has 2 N–H and O–H groups in total. The number of β-amino-alcohol motifs (C(OH)–C–C–N with tert-alkyl or cyclic N) is 1. The van der Waals surface area contributed by atoms with Crippen LogP contribution in [-0.4, -0.2) is 67.8 Å². The number of ether oxygens (including phenoxy) is 2. The molecule has 0 aromatic heterocycles. The molecule has 2 aliphatic heterocycles. The molecule has 2 saturated heterocycles. The normalized spacial score (nSPS) is 24.3. The van der Waals surface area contributed by atoms with Gasteiger partial charge in [0.25, 0.3) is 0 Å². The van der Waals surface area contributed by atoms with Gasteiger partial charge in [0.2, 0.25) is 15.9 Å². The van der Waals surface area contributed by atoms with Crippen LogP contribution in [-0.2, 0) is 24.3 Å². The fourth-order valence-corrected chi connectivity index (χ4v) is 6.88. The highest BCUT2D eigenvalue weighted by molar-refractivity contribution is 7.89. The topological polar surface area (TPSA) is 105 Å². The Hall–Kier alpha value is -3.15. The number of aliphatic hydroxyl groups excluding tert-OH is 1. The molecule has 2 fully saturated rings. The second-order valence-corrected chi connectivity index (χ2v) is 11.8. The fourth-order valence-electron chi connectivity index (χ4n) is 5.13. The van der Waals surface area contributed by atoms with Gasteiger partial charge in [0.15, 0.2) is 0 Å². The van der Waals surface area contributed by atoms with Crippen LogP contribution in [0.1, 0.15) is 19.3 Å². The van der Waals surface area contributed by atoms with E-state index in [1.165, 1.54) is 22.5 Å². The summed E-state index contributed by atoms with van der Waals surface area (Å²) in [4.78, 5) is 12.6. The maximum absolute atomic E-state index is 13.8. The lowest BCUT2D eigenvalue weighted by atomic mass is 9.96. The van der Waals surface area contributed by atoms with E-state index >= 15 is 0 Å². The third kappa shape index (κ3) is 6.54. The number of anilines is 1. The summed E-state index contributed by atoms with van der Waals surface area (Å²) in [6.45, 7) is -0.199. The smallest absolute Gasteiger partial charge is 0.243 e. The second-order valence-electron chi connectivity index (χ2n) is 9.86. The molecule has 4 atom stereocenters. The summed E-state index contributed by atoms with van der Waals surface area (Å²) in [7, 11) is -4.11. The Kier molecular flexibility index (Phi) is 8.39. The molecule has 10 heteroatoms. The van der Waals surface area contributed by atoms with E-state index in [1.807, 2.05) is 54.6 Å². The van der Waals surface area contributed by atoms with Crippen molar-refractivity contribution in [3.63, 3.8) is 0 Å². The molecule has 0 aliphatic carbocycles. The van der Waals surface area contributed by atoms with Gasteiger partial charge in [-0.2, -0.15) is 4.31 Å². The van der Waals surface area contributed by atoms with E-state index in [0.29, 0.717) is 18.5 Å². The van der Waals surface area contributed by atoms with E-state index in [2.05, 4.69) is 5.32 Å². The van der Waals surface area contributed by atoms with E-state index < -0.39 is 40.2 Å². The van der Waals surface area contributed by atoms with Crippen molar-refractivity contribution >= 4 is 21.6 Å². The van der Waals surface area contributed by atoms with Crippen molar-refractivity contribution in [2.75, 3.05) is 25.1 Å². The summed E-state index contributed by atoms with van der Waals surface area (Å²) in [6, 6.07) is 21.7. The molecule has 3 aromatic carbocycles. The average Bonchev–Trinajstić information content (AvgIpc) is 2.92. The van der Waals surface area contributed by atoms with Crippen LogP contribution in [0.15, 0.2) is 83.8 Å². The Morgan fingerprint density at radius 3 is 2.46 bits per heavy atom. The summed E-state index contributed by atoms with van der Waals surface area (Å²) >= 11 is 0. The lowest BCUT2D eigenvalue weighted by Crippen LogP contribution is -2.57. The summed E-state index contributed by atoms with van der Waals surface area (Å²) in [5.41, 5.74) is 2.80. The number of halogens is 1.